The molecule has 23 heavy (non-hydrogen) atoms. The van der Waals surface area contributed by atoms with Crippen LogP contribution in [0, 0.1) is 5.92 Å². The van der Waals surface area contributed by atoms with Crippen LogP contribution < -0.4 is 5.32 Å². The Morgan fingerprint density at radius 1 is 1.30 bits per heavy atom. The Balaban J connectivity index is 1.69. The molecule has 0 aliphatic heterocycles. The normalized spacial score (nSPS) is 10.9. The van der Waals surface area contributed by atoms with Gasteiger partial charge in [0.2, 0.25) is 5.95 Å². The van der Waals surface area contributed by atoms with E-state index in [1.807, 2.05) is 12.1 Å². The number of hydrogen-bond acceptors (Lipinski definition) is 5. The highest BCUT2D eigenvalue weighted by molar-refractivity contribution is 6.02. The molecule has 0 bridgehead atoms. The van der Waals surface area contributed by atoms with Crippen LogP contribution in [0.5, 0.6) is 0 Å². The van der Waals surface area contributed by atoms with E-state index < -0.39 is 0 Å². The van der Waals surface area contributed by atoms with Crippen LogP contribution in [0.2, 0.25) is 0 Å². The maximum atomic E-state index is 12.2. The van der Waals surface area contributed by atoms with E-state index in [2.05, 4.69) is 49.5 Å². The molecular formula is C15H17N7O. The molecule has 0 atom stereocenters. The molecule has 0 fully saturated rings. The van der Waals surface area contributed by atoms with E-state index in [1.165, 1.54) is 0 Å². The van der Waals surface area contributed by atoms with Gasteiger partial charge in [0.15, 0.2) is 0 Å². The van der Waals surface area contributed by atoms with Gasteiger partial charge in [-0.2, -0.15) is 10.1 Å². The van der Waals surface area contributed by atoms with Crippen LogP contribution in [-0.4, -0.2) is 36.3 Å². The summed E-state index contributed by atoms with van der Waals surface area (Å²) in [5, 5.41) is 16.3. The molecule has 0 radical (unpaired) electrons. The third-order valence-electron chi connectivity index (χ3n) is 3.14. The summed E-state index contributed by atoms with van der Waals surface area (Å²) < 4.78 is 0. The summed E-state index contributed by atoms with van der Waals surface area (Å²) in [6, 6.07) is 5.35. The van der Waals surface area contributed by atoms with Crippen molar-refractivity contribution in [1.29, 1.82) is 0 Å². The number of nitrogens with one attached hydrogen (secondary N) is 3. The largest absolute Gasteiger partial charge is 0.288 e. The number of anilines is 1. The molecule has 8 heteroatoms. The molecule has 0 saturated carbocycles. The highest BCUT2D eigenvalue weighted by Crippen LogP contribution is 2.16. The highest BCUT2D eigenvalue weighted by atomic mass is 16.2. The first-order chi connectivity index (χ1) is 11.1. The lowest BCUT2D eigenvalue weighted by atomic mass is 10.1. The average Bonchev–Trinajstić information content (AvgIpc) is 3.17. The highest BCUT2D eigenvalue weighted by Gasteiger charge is 2.14. The van der Waals surface area contributed by atoms with Crippen molar-refractivity contribution in [3.8, 4) is 11.3 Å². The third kappa shape index (κ3) is 3.60. The van der Waals surface area contributed by atoms with Crippen LogP contribution in [0.3, 0.4) is 0 Å². The second-order valence-electron chi connectivity index (χ2n) is 5.57. The molecule has 0 spiro atoms. The van der Waals surface area contributed by atoms with Crippen molar-refractivity contribution in [3.05, 3.63) is 42.1 Å². The van der Waals surface area contributed by atoms with Gasteiger partial charge in [0.1, 0.15) is 11.5 Å². The zero-order chi connectivity index (χ0) is 16.2. The van der Waals surface area contributed by atoms with Gasteiger partial charge in [-0.3, -0.25) is 25.3 Å². The summed E-state index contributed by atoms with van der Waals surface area (Å²) in [4.78, 5) is 20.5. The molecule has 0 unspecified atom stereocenters. The molecular weight excluding hydrogens is 294 g/mol. The topological polar surface area (TPSA) is 112 Å². The molecule has 0 aliphatic rings. The van der Waals surface area contributed by atoms with Crippen molar-refractivity contribution in [2.24, 2.45) is 5.92 Å². The smallest absolute Gasteiger partial charge is 0.276 e. The monoisotopic (exact) mass is 311 g/mol. The summed E-state index contributed by atoms with van der Waals surface area (Å²) in [6.45, 7) is 4.18. The Kier molecular flexibility index (Phi) is 4.13. The minimum absolute atomic E-state index is 0.253. The number of aromatic nitrogens is 6. The number of carbonyl (C=O) groups is 1. The minimum Gasteiger partial charge on any atom is -0.288 e. The van der Waals surface area contributed by atoms with Crippen LogP contribution in [0.25, 0.3) is 11.3 Å². The SMILES string of the molecule is CC(C)Cc1nc(NC(=O)c2cc(-c3cccnc3)n[nH]2)n[nH]1. The maximum Gasteiger partial charge on any atom is 0.276 e. The lowest BCUT2D eigenvalue weighted by molar-refractivity contribution is 0.102. The molecule has 0 saturated heterocycles. The van der Waals surface area contributed by atoms with Gasteiger partial charge in [-0.1, -0.05) is 13.8 Å². The Bertz CT molecular complexity index is 791. The molecule has 3 aromatic heterocycles. The molecule has 3 aromatic rings. The van der Waals surface area contributed by atoms with E-state index >= 15 is 0 Å². The van der Waals surface area contributed by atoms with Gasteiger partial charge in [0.05, 0.1) is 5.69 Å². The van der Waals surface area contributed by atoms with E-state index in [4.69, 9.17) is 0 Å². The predicted octanol–water partition coefficient (Wildman–Crippen LogP) is 2.04. The van der Waals surface area contributed by atoms with Crippen LogP contribution in [-0.2, 0) is 6.42 Å². The molecule has 3 rings (SSSR count). The van der Waals surface area contributed by atoms with Gasteiger partial charge in [0, 0.05) is 24.4 Å². The van der Waals surface area contributed by atoms with E-state index in [-0.39, 0.29) is 11.9 Å². The van der Waals surface area contributed by atoms with E-state index in [0.717, 1.165) is 17.8 Å². The summed E-state index contributed by atoms with van der Waals surface area (Å²) in [7, 11) is 0. The lowest BCUT2D eigenvalue weighted by Gasteiger charge is -1.98. The fourth-order valence-corrected chi connectivity index (χ4v) is 2.10. The summed E-state index contributed by atoms with van der Waals surface area (Å²) >= 11 is 0. The van der Waals surface area contributed by atoms with Crippen LogP contribution in [0.4, 0.5) is 5.95 Å². The van der Waals surface area contributed by atoms with Gasteiger partial charge in [0.25, 0.3) is 5.91 Å². The minimum atomic E-state index is -0.345. The molecule has 1 amide bonds. The average molecular weight is 311 g/mol. The molecule has 0 aliphatic carbocycles. The first-order valence-electron chi connectivity index (χ1n) is 7.30. The summed E-state index contributed by atoms with van der Waals surface area (Å²) in [5.41, 5.74) is 1.82. The second-order valence-corrected chi connectivity index (χ2v) is 5.57. The number of nitrogens with zero attached hydrogens (tertiary/aromatic N) is 4. The summed E-state index contributed by atoms with van der Waals surface area (Å²) in [6.07, 6.45) is 4.14. The van der Waals surface area contributed by atoms with Crippen LogP contribution in [0.1, 0.15) is 30.2 Å². The number of rotatable bonds is 5. The number of amides is 1. The molecule has 3 heterocycles. The Hall–Kier alpha value is -3.03. The van der Waals surface area contributed by atoms with Crippen molar-refractivity contribution in [3.63, 3.8) is 0 Å². The first kappa shape index (κ1) is 14.9. The van der Waals surface area contributed by atoms with Crippen LogP contribution in [0.15, 0.2) is 30.6 Å². The standard InChI is InChI=1S/C15H17N7O/c1-9(2)6-13-17-15(22-21-13)18-14(23)12-7-11(19-20-12)10-4-3-5-16-8-10/h3-5,7-9H,6H2,1-2H3,(H,19,20)(H2,17,18,21,22,23). The second kappa shape index (κ2) is 6.39. The van der Waals surface area contributed by atoms with Gasteiger partial charge < -0.3 is 0 Å². The van der Waals surface area contributed by atoms with Crippen molar-refractivity contribution in [1.82, 2.24) is 30.4 Å². The Morgan fingerprint density at radius 2 is 2.17 bits per heavy atom. The zero-order valence-electron chi connectivity index (χ0n) is 12.9. The van der Waals surface area contributed by atoms with E-state index in [9.17, 15) is 4.79 Å². The predicted molar refractivity (Wildman–Crippen MR) is 84.7 cm³/mol. The summed E-state index contributed by atoms with van der Waals surface area (Å²) in [5.74, 6) is 1.11. The van der Waals surface area contributed by atoms with Crippen LogP contribution >= 0.6 is 0 Å². The fraction of sp³-hybridized carbons (Fsp3) is 0.267. The first-order valence-corrected chi connectivity index (χ1v) is 7.30. The zero-order valence-corrected chi connectivity index (χ0v) is 12.9. The maximum absolute atomic E-state index is 12.2. The number of hydrogen-bond donors (Lipinski definition) is 3. The molecule has 8 nitrogen and oxygen atoms in total. The quantitative estimate of drug-likeness (QED) is 0.667. The van der Waals surface area contributed by atoms with Gasteiger partial charge in [-0.25, -0.2) is 0 Å². The van der Waals surface area contributed by atoms with Crippen molar-refractivity contribution >= 4 is 11.9 Å². The molecule has 118 valence electrons. The lowest BCUT2D eigenvalue weighted by Crippen LogP contribution is -2.13. The van der Waals surface area contributed by atoms with E-state index in [0.29, 0.717) is 17.3 Å². The van der Waals surface area contributed by atoms with E-state index in [1.54, 1.807) is 18.5 Å². The third-order valence-corrected chi connectivity index (χ3v) is 3.14. The number of aromatic amines is 2. The van der Waals surface area contributed by atoms with Crippen molar-refractivity contribution in [2.75, 3.05) is 5.32 Å². The number of pyridine rings is 1. The molecule has 3 N–H and O–H groups in total. The van der Waals surface area contributed by atoms with Gasteiger partial charge in [-0.15, -0.1) is 5.10 Å². The fourth-order valence-electron chi connectivity index (χ4n) is 2.10. The number of carbonyl (C=O) groups excluding carboxylic acids is 1. The van der Waals surface area contributed by atoms with Crippen molar-refractivity contribution < 1.29 is 4.79 Å². The number of H-pyrrole nitrogens is 2. The van der Waals surface area contributed by atoms with Gasteiger partial charge >= 0.3 is 0 Å². The van der Waals surface area contributed by atoms with Gasteiger partial charge in [-0.05, 0) is 24.1 Å². The Morgan fingerprint density at radius 3 is 2.91 bits per heavy atom. The Labute approximate surface area is 132 Å². The van der Waals surface area contributed by atoms with Crippen molar-refractivity contribution in [2.45, 2.75) is 20.3 Å². The molecule has 0 aromatic carbocycles.